The molecule has 1 aliphatic heterocycles. The second-order valence-electron chi connectivity index (χ2n) is 9.39. The van der Waals surface area contributed by atoms with Crippen LogP contribution in [0.2, 0.25) is 0 Å². The van der Waals surface area contributed by atoms with Crippen molar-refractivity contribution in [3.8, 4) is 0 Å². The summed E-state index contributed by atoms with van der Waals surface area (Å²) >= 11 is 0. The number of ether oxygens (including phenoxy) is 1. The van der Waals surface area contributed by atoms with Gasteiger partial charge in [-0.25, -0.2) is 0 Å². The Bertz CT molecular complexity index is 1430. The van der Waals surface area contributed by atoms with E-state index < -0.39 is 0 Å². The molecule has 1 aromatic heterocycles. The molecule has 0 aliphatic carbocycles. The monoisotopic (exact) mass is 508 g/mol. The van der Waals surface area contributed by atoms with Gasteiger partial charge in [0.05, 0.1) is 13.2 Å². The molecule has 0 radical (unpaired) electrons. The predicted octanol–water partition coefficient (Wildman–Crippen LogP) is 4.90. The fraction of sp³-hybridized carbons (Fsp3) is 0.226. The van der Waals surface area contributed by atoms with Gasteiger partial charge in [-0.2, -0.15) is 0 Å². The van der Waals surface area contributed by atoms with Gasteiger partial charge in [0, 0.05) is 54.4 Å². The Morgan fingerprint density at radius 1 is 0.737 bits per heavy atom. The van der Waals surface area contributed by atoms with Gasteiger partial charge < -0.3 is 14.2 Å². The Balaban J connectivity index is 1.17. The Morgan fingerprint density at radius 3 is 1.79 bits per heavy atom. The molecule has 7 nitrogen and oxygen atoms in total. The number of hydrogen-bond donors (Lipinski definition) is 0. The molecule has 38 heavy (non-hydrogen) atoms. The van der Waals surface area contributed by atoms with Crippen LogP contribution in [-0.2, 0) is 17.6 Å². The van der Waals surface area contributed by atoms with Crippen LogP contribution in [0.1, 0.15) is 53.7 Å². The van der Waals surface area contributed by atoms with Crippen molar-refractivity contribution in [2.24, 2.45) is 0 Å². The average Bonchev–Trinajstić information content (AvgIpc) is 3.40. The summed E-state index contributed by atoms with van der Waals surface area (Å²) in [6.07, 6.45) is 0.443. The third-order valence-corrected chi connectivity index (χ3v) is 6.64. The summed E-state index contributed by atoms with van der Waals surface area (Å²) in [5, 5.41) is 3.76. The zero-order valence-corrected chi connectivity index (χ0v) is 21.2. The number of aryl methyl sites for hydroxylation is 1. The van der Waals surface area contributed by atoms with Crippen LogP contribution in [0.25, 0.3) is 0 Å². The van der Waals surface area contributed by atoms with Crippen molar-refractivity contribution in [3.63, 3.8) is 0 Å². The molecule has 1 saturated heterocycles. The topological polar surface area (TPSA) is 89.7 Å². The van der Waals surface area contributed by atoms with Gasteiger partial charge in [0.25, 0.3) is 0 Å². The Kier molecular flexibility index (Phi) is 7.56. The molecule has 0 spiro atoms. The van der Waals surface area contributed by atoms with Gasteiger partial charge in [-0.15, -0.1) is 0 Å². The summed E-state index contributed by atoms with van der Waals surface area (Å²) in [6, 6.07) is 23.4. The molecule has 192 valence electrons. The normalized spacial score (nSPS) is 13.3. The number of morpholine rings is 1. The van der Waals surface area contributed by atoms with Crippen LogP contribution in [0.3, 0.4) is 0 Å². The molecule has 3 aromatic carbocycles. The summed E-state index contributed by atoms with van der Waals surface area (Å²) in [6.45, 7) is 4.88. The molecule has 0 atom stereocenters. The highest BCUT2D eigenvalue weighted by Crippen LogP contribution is 2.19. The first kappa shape index (κ1) is 25.3. The van der Waals surface area contributed by atoms with E-state index in [4.69, 9.17) is 9.26 Å². The van der Waals surface area contributed by atoms with Crippen LogP contribution in [0.5, 0.6) is 0 Å². The number of ketones is 3. The van der Waals surface area contributed by atoms with Crippen molar-refractivity contribution >= 4 is 23.0 Å². The Labute approximate surface area is 221 Å². The van der Waals surface area contributed by atoms with E-state index in [0.29, 0.717) is 28.1 Å². The van der Waals surface area contributed by atoms with E-state index in [0.717, 1.165) is 43.1 Å². The summed E-state index contributed by atoms with van der Waals surface area (Å²) < 4.78 is 10.4. The molecule has 4 aromatic rings. The van der Waals surface area contributed by atoms with E-state index in [9.17, 15) is 14.4 Å². The molecule has 0 N–H and O–H groups in total. The summed E-state index contributed by atoms with van der Waals surface area (Å²) in [5.74, 6) is 0.358. The quantitative estimate of drug-likeness (QED) is 0.297. The largest absolute Gasteiger partial charge is 0.378 e. The van der Waals surface area contributed by atoms with Crippen LogP contribution in [0, 0.1) is 6.92 Å². The molecule has 0 unspecified atom stereocenters. The molecular formula is C31H28N2O5. The average molecular weight is 509 g/mol. The molecule has 0 saturated carbocycles. The maximum absolute atomic E-state index is 13.0. The lowest BCUT2D eigenvalue weighted by Crippen LogP contribution is -2.36. The van der Waals surface area contributed by atoms with Crippen molar-refractivity contribution in [3.05, 3.63) is 118 Å². The maximum Gasteiger partial charge on any atom is 0.193 e. The minimum Gasteiger partial charge on any atom is -0.378 e. The number of nitrogens with zero attached hydrogens (tertiary/aromatic N) is 2. The van der Waals surface area contributed by atoms with Gasteiger partial charge in [-0.3, -0.25) is 14.4 Å². The van der Waals surface area contributed by atoms with Crippen molar-refractivity contribution in [1.29, 1.82) is 0 Å². The summed E-state index contributed by atoms with van der Waals surface area (Å²) in [5.41, 5.74) is 4.77. The molecule has 2 heterocycles. The van der Waals surface area contributed by atoms with Gasteiger partial charge in [0.15, 0.2) is 17.3 Å². The van der Waals surface area contributed by atoms with Crippen molar-refractivity contribution in [1.82, 2.24) is 5.16 Å². The fourth-order valence-corrected chi connectivity index (χ4v) is 4.46. The van der Waals surface area contributed by atoms with E-state index in [-0.39, 0.29) is 30.2 Å². The summed E-state index contributed by atoms with van der Waals surface area (Å²) in [7, 11) is 0. The van der Waals surface area contributed by atoms with E-state index in [2.05, 4.69) is 10.1 Å². The number of aromatic nitrogens is 1. The predicted molar refractivity (Wildman–Crippen MR) is 143 cm³/mol. The van der Waals surface area contributed by atoms with Crippen molar-refractivity contribution in [2.45, 2.75) is 19.8 Å². The first-order valence-electron chi connectivity index (χ1n) is 12.6. The van der Waals surface area contributed by atoms with E-state index in [1.807, 2.05) is 36.4 Å². The number of carbonyl (C=O) groups excluding carboxylic acids is 3. The van der Waals surface area contributed by atoms with Crippen LogP contribution >= 0.6 is 0 Å². The minimum atomic E-state index is -0.140. The van der Waals surface area contributed by atoms with E-state index in [1.165, 1.54) is 0 Å². The number of hydrogen-bond acceptors (Lipinski definition) is 7. The van der Waals surface area contributed by atoms with Crippen LogP contribution in [0.15, 0.2) is 83.4 Å². The molecule has 0 bridgehead atoms. The highest BCUT2D eigenvalue weighted by atomic mass is 16.5. The van der Waals surface area contributed by atoms with Gasteiger partial charge in [-0.05, 0) is 42.3 Å². The van der Waals surface area contributed by atoms with Crippen LogP contribution in [0.4, 0.5) is 5.69 Å². The second-order valence-corrected chi connectivity index (χ2v) is 9.39. The van der Waals surface area contributed by atoms with Crippen LogP contribution < -0.4 is 4.90 Å². The highest BCUT2D eigenvalue weighted by molar-refractivity contribution is 6.09. The first-order valence-corrected chi connectivity index (χ1v) is 12.6. The van der Waals surface area contributed by atoms with Crippen molar-refractivity contribution < 1.29 is 23.6 Å². The van der Waals surface area contributed by atoms with Gasteiger partial charge in [0.2, 0.25) is 0 Å². The second kappa shape index (κ2) is 11.4. The third kappa shape index (κ3) is 5.95. The van der Waals surface area contributed by atoms with E-state index in [1.54, 1.807) is 49.4 Å². The maximum atomic E-state index is 13.0. The smallest absolute Gasteiger partial charge is 0.193 e. The summed E-state index contributed by atoms with van der Waals surface area (Å²) in [4.78, 5) is 40.3. The number of rotatable bonds is 9. The first-order chi connectivity index (χ1) is 18.5. The Morgan fingerprint density at radius 2 is 1.26 bits per heavy atom. The Hall–Kier alpha value is -4.36. The lowest BCUT2D eigenvalue weighted by atomic mass is 9.97. The number of benzene rings is 3. The standard InChI is InChI=1S/C31H28N2O5/c1-21-18-28(32-38-21)30(35)20-23-4-8-26(9-5-23)31(36)25-6-2-22(3-7-25)19-29(34)24-10-12-27(13-11-24)33-14-16-37-17-15-33/h2-13,18H,14-17,19-20H2,1H3. The highest BCUT2D eigenvalue weighted by Gasteiger charge is 2.15. The number of carbonyl (C=O) groups is 3. The molecule has 0 amide bonds. The van der Waals surface area contributed by atoms with Crippen LogP contribution in [-0.4, -0.2) is 48.8 Å². The molecule has 7 heteroatoms. The molecule has 1 aliphatic rings. The van der Waals surface area contributed by atoms with Crippen molar-refractivity contribution in [2.75, 3.05) is 31.2 Å². The molecule has 5 rings (SSSR count). The lowest BCUT2D eigenvalue weighted by molar-refractivity contribution is 0.0979. The van der Waals surface area contributed by atoms with Gasteiger partial charge in [0.1, 0.15) is 11.5 Å². The number of anilines is 1. The zero-order valence-electron chi connectivity index (χ0n) is 21.2. The minimum absolute atomic E-state index is 0.0310. The van der Waals surface area contributed by atoms with Gasteiger partial charge >= 0.3 is 0 Å². The van der Waals surface area contributed by atoms with Gasteiger partial charge in [-0.1, -0.05) is 53.7 Å². The number of Topliss-reactive ketones (excluding diaryl/α,β-unsaturated/α-hetero) is 2. The zero-order chi connectivity index (χ0) is 26.5. The third-order valence-electron chi connectivity index (χ3n) is 6.64. The van der Waals surface area contributed by atoms with E-state index >= 15 is 0 Å². The molecule has 1 fully saturated rings. The fourth-order valence-electron chi connectivity index (χ4n) is 4.46. The SMILES string of the molecule is Cc1cc(C(=O)Cc2ccc(C(=O)c3ccc(CC(=O)c4ccc(N5CCOCC5)cc4)cc3)cc2)no1. The molecular weight excluding hydrogens is 480 g/mol. The lowest BCUT2D eigenvalue weighted by Gasteiger charge is -2.28.